The lowest BCUT2D eigenvalue weighted by molar-refractivity contribution is 1.43. The van der Waals surface area contributed by atoms with Gasteiger partial charge in [0.05, 0.1) is 10.6 Å². The molecule has 0 saturated carbocycles. The van der Waals surface area contributed by atoms with Gasteiger partial charge in [0.15, 0.2) is 0 Å². The van der Waals surface area contributed by atoms with E-state index in [4.69, 9.17) is 11.0 Å². The molecule has 0 amide bonds. The number of hydrogen-bond acceptors (Lipinski definition) is 3. The highest BCUT2D eigenvalue weighted by Crippen LogP contribution is 2.31. The van der Waals surface area contributed by atoms with Crippen LogP contribution in [-0.2, 0) is 0 Å². The van der Waals surface area contributed by atoms with E-state index < -0.39 is 0 Å². The molecule has 0 atom stereocenters. The molecule has 1 aromatic heterocycles. The summed E-state index contributed by atoms with van der Waals surface area (Å²) in [6, 6.07) is 8.03. The van der Waals surface area contributed by atoms with Crippen molar-refractivity contribution in [2.24, 2.45) is 0 Å². The molecule has 13 heavy (non-hydrogen) atoms. The van der Waals surface area contributed by atoms with Crippen molar-refractivity contribution < 1.29 is 0 Å². The molecule has 64 valence electrons. The van der Waals surface area contributed by atoms with Crippen molar-refractivity contribution in [3.63, 3.8) is 0 Å². The largest absolute Gasteiger partial charge is 0.391 e. The highest BCUT2D eigenvalue weighted by molar-refractivity contribution is 7.22. The summed E-state index contributed by atoms with van der Waals surface area (Å²) in [6.45, 7) is 1.94. The van der Waals surface area contributed by atoms with Gasteiger partial charge >= 0.3 is 0 Å². The number of benzene rings is 1. The van der Waals surface area contributed by atoms with E-state index >= 15 is 0 Å². The van der Waals surface area contributed by atoms with Crippen molar-refractivity contribution in [2.75, 3.05) is 5.73 Å². The Hall–Kier alpha value is -1.53. The predicted octanol–water partition coefficient (Wildman–Crippen LogP) is 2.66. The number of fused-ring (bicyclic) bond motifs is 1. The molecule has 2 N–H and O–H groups in total. The third-order valence-corrected chi connectivity index (χ3v) is 2.97. The summed E-state index contributed by atoms with van der Waals surface area (Å²) in [7, 11) is 0. The fraction of sp³-hybridized carbons (Fsp3) is 0.100. The smallest absolute Gasteiger partial charge is 0.100 e. The Morgan fingerprint density at radius 3 is 2.92 bits per heavy atom. The third-order valence-electron chi connectivity index (χ3n) is 2.04. The molecule has 1 heterocycles. The first-order valence-electron chi connectivity index (χ1n) is 3.91. The van der Waals surface area contributed by atoms with Gasteiger partial charge in [-0.05, 0) is 24.6 Å². The van der Waals surface area contributed by atoms with Crippen molar-refractivity contribution in [3.05, 3.63) is 29.3 Å². The Kier molecular flexibility index (Phi) is 1.71. The van der Waals surface area contributed by atoms with Crippen molar-refractivity contribution in [1.29, 1.82) is 5.26 Å². The Bertz CT molecular complexity index is 505. The Balaban J connectivity index is 2.93. The topological polar surface area (TPSA) is 49.8 Å². The number of nitrogens with two attached hydrogens (primary N) is 1. The average molecular weight is 188 g/mol. The van der Waals surface area contributed by atoms with Crippen LogP contribution >= 0.6 is 11.3 Å². The van der Waals surface area contributed by atoms with E-state index in [2.05, 4.69) is 6.07 Å². The lowest BCUT2D eigenvalue weighted by atomic mass is 10.1. The summed E-state index contributed by atoms with van der Waals surface area (Å²) in [5.41, 5.74) is 7.42. The van der Waals surface area contributed by atoms with Crippen LogP contribution in [0.3, 0.4) is 0 Å². The van der Waals surface area contributed by atoms with Gasteiger partial charge in [0.25, 0.3) is 0 Å². The van der Waals surface area contributed by atoms with Crippen LogP contribution in [0.15, 0.2) is 18.2 Å². The number of nitrogen functional groups attached to an aromatic ring is 1. The summed E-state index contributed by atoms with van der Waals surface area (Å²) in [4.78, 5) is 0. The lowest BCUT2D eigenvalue weighted by Gasteiger charge is -1.96. The van der Waals surface area contributed by atoms with E-state index in [1.807, 2.05) is 25.1 Å². The summed E-state index contributed by atoms with van der Waals surface area (Å²) < 4.78 is 1.08. The average Bonchev–Trinajstić information content (AvgIpc) is 2.45. The Morgan fingerprint density at radius 1 is 1.46 bits per heavy atom. The summed E-state index contributed by atoms with van der Waals surface area (Å²) >= 11 is 1.52. The number of anilines is 1. The molecule has 0 radical (unpaired) electrons. The zero-order valence-corrected chi connectivity index (χ0v) is 7.98. The first-order valence-corrected chi connectivity index (χ1v) is 4.73. The zero-order valence-electron chi connectivity index (χ0n) is 7.16. The number of aryl methyl sites for hydroxylation is 1. The molecule has 2 rings (SSSR count). The molecule has 0 aliphatic carbocycles. The molecule has 0 spiro atoms. The summed E-state index contributed by atoms with van der Waals surface area (Å²) in [5.74, 6) is 0. The number of nitrogens with zero attached hydrogens (tertiary/aromatic N) is 1. The van der Waals surface area contributed by atoms with Crippen LogP contribution in [0.25, 0.3) is 10.1 Å². The molecular formula is C10H8N2S. The van der Waals surface area contributed by atoms with Crippen molar-refractivity contribution in [1.82, 2.24) is 0 Å². The minimum absolute atomic E-state index is 0.741. The van der Waals surface area contributed by atoms with Gasteiger partial charge in [-0.1, -0.05) is 6.07 Å². The highest BCUT2D eigenvalue weighted by atomic mass is 32.1. The van der Waals surface area contributed by atoms with Gasteiger partial charge in [0.2, 0.25) is 0 Å². The number of hydrogen-bond donors (Lipinski definition) is 1. The van der Waals surface area contributed by atoms with Crippen LogP contribution in [0.2, 0.25) is 0 Å². The van der Waals surface area contributed by atoms with E-state index in [1.165, 1.54) is 11.3 Å². The van der Waals surface area contributed by atoms with Crippen LogP contribution in [0, 0.1) is 18.3 Å². The van der Waals surface area contributed by atoms with Gasteiger partial charge in [-0.2, -0.15) is 5.26 Å². The molecule has 0 bridgehead atoms. The minimum atomic E-state index is 0.741. The first-order chi connectivity index (χ1) is 6.22. The van der Waals surface area contributed by atoms with Crippen LogP contribution < -0.4 is 5.73 Å². The maximum absolute atomic E-state index is 8.94. The molecule has 0 unspecified atom stereocenters. The molecule has 0 aliphatic rings. The van der Waals surface area contributed by atoms with E-state index in [-0.39, 0.29) is 0 Å². The fourth-order valence-electron chi connectivity index (χ4n) is 1.39. The number of rotatable bonds is 0. The predicted molar refractivity (Wildman–Crippen MR) is 55.7 cm³/mol. The van der Waals surface area contributed by atoms with E-state index in [9.17, 15) is 0 Å². The van der Waals surface area contributed by atoms with Gasteiger partial charge in [0, 0.05) is 10.1 Å². The van der Waals surface area contributed by atoms with Gasteiger partial charge in [0.1, 0.15) is 6.07 Å². The second-order valence-electron chi connectivity index (χ2n) is 2.93. The van der Waals surface area contributed by atoms with Crippen molar-refractivity contribution >= 4 is 26.4 Å². The van der Waals surface area contributed by atoms with E-state index in [1.54, 1.807) is 0 Å². The maximum Gasteiger partial charge on any atom is 0.100 e. The Labute approximate surface area is 80.2 Å². The second-order valence-corrected chi connectivity index (χ2v) is 4.05. The summed E-state index contributed by atoms with van der Waals surface area (Å²) in [5, 5.41) is 10.7. The molecule has 0 aliphatic heterocycles. The van der Waals surface area contributed by atoms with Crippen molar-refractivity contribution in [2.45, 2.75) is 6.92 Å². The molecular weight excluding hydrogens is 180 g/mol. The SMILES string of the molecule is Cc1ccc2sc(N)cc2c1C#N. The second kappa shape index (κ2) is 2.75. The van der Waals surface area contributed by atoms with Crippen LogP contribution in [0.1, 0.15) is 11.1 Å². The van der Waals surface area contributed by atoms with Crippen molar-refractivity contribution in [3.8, 4) is 6.07 Å². The minimum Gasteiger partial charge on any atom is -0.391 e. The molecule has 1 aromatic carbocycles. The normalized spacial score (nSPS) is 10.2. The molecule has 3 heteroatoms. The van der Waals surface area contributed by atoms with Crippen LogP contribution in [-0.4, -0.2) is 0 Å². The maximum atomic E-state index is 8.94. The Morgan fingerprint density at radius 2 is 2.23 bits per heavy atom. The lowest BCUT2D eigenvalue weighted by Crippen LogP contribution is -1.81. The van der Waals surface area contributed by atoms with E-state index in [0.29, 0.717) is 0 Å². The van der Waals surface area contributed by atoms with E-state index in [0.717, 1.165) is 26.2 Å². The summed E-state index contributed by atoms with van der Waals surface area (Å²) in [6.07, 6.45) is 0. The van der Waals surface area contributed by atoms with Gasteiger partial charge < -0.3 is 5.73 Å². The number of nitriles is 1. The van der Waals surface area contributed by atoms with Gasteiger partial charge in [-0.15, -0.1) is 11.3 Å². The monoisotopic (exact) mass is 188 g/mol. The zero-order chi connectivity index (χ0) is 9.42. The fourth-order valence-corrected chi connectivity index (χ4v) is 2.23. The molecule has 0 fully saturated rings. The number of thiophene rings is 1. The quantitative estimate of drug-likeness (QED) is 0.691. The van der Waals surface area contributed by atoms with Crippen LogP contribution in [0.5, 0.6) is 0 Å². The van der Waals surface area contributed by atoms with Gasteiger partial charge in [-0.3, -0.25) is 0 Å². The standard InChI is InChI=1S/C10H8N2S/c1-6-2-3-9-7(8(6)5-11)4-10(12)13-9/h2-4H,12H2,1H3. The highest BCUT2D eigenvalue weighted by Gasteiger charge is 2.06. The molecule has 2 aromatic rings. The molecule has 0 saturated heterocycles. The molecule has 2 nitrogen and oxygen atoms in total. The third kappa shape index (κ3) is 1.16. The van der Waals surface area contributed by atoms with Gasteiger partial charge in [-0.25, -0.2) is 0 Å². The first kappa shape index (κ1) is 8.09. The van der Waals surface area contributed by atoms with Crippen LogP contribution in [0.4, 0.5) is 5.00 Å².